The van der Waals surface area contributed by atoms with E-state index in [-0.39, 0.29) is 18.1 Å². The average molecular weight is 395 g/mol. The minimum Gasteiger partial charge on any atom is -0.497 e. The van der Waals surface area contributed by atoms with Gasteiger partial charge in [0.15, 0.2) is 5.69 Å². The summed E-state index contributed by atoms with van der Waals surface area (Å²) in [6.07, 6.45) is 4.18. The number of aromatic amines is 1. The summed E-state index contributed by atoms with van der Waals surface area (Å²) in [6, 6.07) is 7.76. The first-order valence-corrected chi connectivity index (χ1v) is 9.29. The molecule has 3 heterocycles. The molecule has 2 N–H and O–H groups in total. The Morgan fingerprint density at radius 1 is 1.28 bits per heavy atom. The van der Waals surface area contributed by atoms with Crippen LogP contribution in [0.15, 0.2) is 36.8 Å². The van der Waals surface area contributed by atoms with Gasteiger partial charge >= 0.3 is 5.97 Å². The van der Waals surface area contributed by atoms with Crippen molar-refractivity contribution in [1.29, 1.82) is 0 Å². The van der Waals surface area contributed by atoms with E-state index in [0.717, 1.165) is 17.0 Å². The van der Waals surface area contributed by atoms with Gasteiger partial charge in [0, 0.05) is 30.8 Å². The Balaban J connectivity index is 1.54. The van der Waals surface area contributed by atoms with Crippen LogP contribution >= 0.6 is 0 Å². The molecule has 0 atom stereocenters. The molecule has 3 aromatic rings. The van der Waals surface area contributed by atoms with Crippen LogP contribution in [0.4, 0.5) is 0 Å². The van der Waals surface area contributed by atoms with Crippen LogP contribution in [0.1, 0.15) is 37.8 Å². The lowest BCUT2D eigenvalue weighted by Gasteiger charge is -2.27. The van der Waals surface area contributed by atoms with E-state index in [2.05, 4.69) is 15.1 Å². The van der Waals surface area contributed by atoms with Crippen LogP contribution < -0.4 is 4.74 Å². The monoisotopic (exact) mass is 395 g/mol. The van der Waals surface area contributed by atoms with Gasteiger partial charge < -0.3 is 19.7 Å². The number of carboxylic acid groups (broad SMARTS) is 1. The van der Waals surface area contributed by atoms with Crippen molar-refractivity contribution in [3.8, 4) is 5.75 Å². The summed E-state index contributed by atoms with van der Waals surface area (Å²) < 4.78 is 6.94. The van der Waals surface area contributed by atoms with Gasteiger partial charge in [-0.1, -0.05) is 12.1 Å². The van der Waals surface area contributed by atoms with Gasteiger partial charge in [-0.25, -0.2) is 9.78 Å². The average Bonchev–Trinajstić information content (AvgIpc) is 3.40. The van der Waals surface area contributed by atoms with E-state index in [1.54, 1.807) is 16.7 Å². The maximum absolute atomic E-state index is 12.6. The number of nitrogens with one attached hydrogen (secondary N) is 1. The number of carbonyl (C=O) groups is 2. The third kappa shape index (κ3) is 3.71. The van der Waals surface area contributed by atoms with Crippen LogP contribution in [0.2, 0.25) is 0 Å². The quantitative estimate of drug-likeness (QED) is 0.657. The van der Waals surface area contributed by atoms with Crippen molar-refractivity contribution >= 4 is 11.9 Å². The molecule has 9 heteroatoms. The fourth-order valence-electron chi connectivity index (χ4n) is 3.59. The molecule has 0 bridgehead atoms. The number of aromatic nitrogens is 4. The molecule has 1 aromatic carbocycles. The number of carbonyl (C=O) groups excluding carboxylic acids is 1. The molecular formula is C20H21N5O4. The molecule has 1 aliphatic heterocycles. The zero-order valence-electron chi connectivity index (χ0n) is 16.0. The van der Waals surface area contributed by atoms with Gasteiger partial charge in [0.05, 0.1) is 26.2 Å². The molecule has 0 aliphatic carbocycles. The number of hydrogen-bond donors (Lipinski definition) is 2. The molecule has 29 heavy (non-hydrogen) atoms. The maximum atomic E-state index is 12.6. The molecule has 0 fully saturated rings. The second-order valence-electron chi connectivity index (χ2n) is 6.84. The van der Waals surface area contributed by atoms with Crippen LogP contribution in [-0.2, 0) is 25.9 Å². The first-order chi connectivity index (χ1) is 14.1. The smallest absolute Gasteiger partial charge is 0.356 e. The number of imidazole rings is 1. The van der Waals surface area contributed by atoms with Gasteiger partial charge in [0.25, 0.3) is 5.91 Å². The van der Waals surface area contributed by atoms with E-state index in [1.165, 1.54) is 12.5 Å². The Labute approximate surface area is 166 Å². The highest BCUT2D eigenvalue weighted by Gasteiger charge is 2.30. The van der Waals surface area contributed by atoms with E-state index < -0.39 is 5.97 Å². The zero-order chi connectivity index (χ0) is 20.4. The normalized spacial score (nSPS) is 13.2. The van der Waals surface area contributed by atoms with Gasteiger partial charge in [-0.15, -0.1) is 0 Å². The number of methoxy groups -OCH3 is 1. The summed E-state index contributed by atoms with van der Waals surface area (Å²) in [6.45, 7) is 1.28. The molecule has 9 nitrogen and oxygen atoms in total. The van der Waals surface area contributed by atoms with E-state index in [0.29, 0.717) is 37.2 Å². The number of rotatable bonds is 6. The Hall–Kier alpha value is -3.62. The third-order valence-corrected chi connectivity index (χ3v) is 5.12. The molecule has 0 saturated heterocycles. The first-order valence-electron chi connectivity index (χ1n) is 9.29. The summed E-state index contributed by atoms with van der Waals surface area (Å²) in [5, 5.41) is 13.9. The Morgan fingerprint density at radius 3 is 2.72 bits per heavy atom. The van der Waals surface area contributed by atoms with Crippen LogP contribution in [-0.4, -0.2) is 55.3 Å². The fraction of sp³-hybridized carbons (Fsp3) is 0.300. The van der Waals surface area contributed by atoms with Gasteiger partial charge in [0.1, 0.15) is 11.4 Å². The Kier molecular flexibility index (Phi) is 5.03. The van der Waals surface area contributed by atoms with E-state index in [1.807, 2.05) is 24.3 Å². The van der Waals surface area contributed by atoms with E-state index in [4.69, 9.17) is 4.74 Å². The summed E-state index contributed by atoms with van der Waals surface area (Å²) in [7, 11) is 1.62. The lowest BCUT2D eigenvalue weighted by Crippen LogP contribution is -2.37. The van der Waals surface area contributed by atoms with Crippen molar-refractivity contribution < 1.29 is 19.4 Å². The molecule has 1 aliphatic rings. The second kappa shape index (κ2) is 7.78. The van der Waals surface area contributed by atoms with Crippen LogP contribution in [0.25, 0.3) is 0 Å². The number of nitrogens with zero attached hydrogens (tertiary/aromatic N) is 4. The highest BCUT2D eigenvalue weighted by Crippen LogP contribution is 2.24. The van der Waals surface area contributed by atoms with Crippen LogP contribution in [0.5, 0.6) is 5.75 Å². The largest absolute Gasteiger partial charge is 0.497 e. The van der Waals surface area contributed by atoms with Crippen molar-refractivity contribution in [2.45, 2.75) is 25.9 Å². The van der Waals surface area contributed by atoms with E-state index in [9.17, 15) is 14.7 Å². The molecule has 2 aromatic heterocycles. The maximum Gasteiger partial charge on any atom is 0.356 e. The SMILES string of the molecule is COc1ccc(CCn2nc(C(=O)O)c3c2CCN(C(=O)c2cnc[nH]2)C3)cc1. The predicted octanol–water partition coefficient (Wildman–Crippen LogP) is 1.75. The summed E-state index contributed by atoms with van der Waals surface area (Å²) in [4.78, 5) is 32.6. The number of amides is 1. The number of hydrogen-bond acceptors (Lipinski definition) is 5. The number of carboxylic acids is 1. The molecule has 0 saturated carbocycles. The third-order valence-electron chi connectivity index (χ3n) is 5.12. The van der Waals surface area contributed by atoms with Crippen LogP contribution in [0.3, 0.4) is 0 Å². The molecular weight excluding hydrogens is 374 g/mol. The number of ether oxygens (including phenoxy) is 1. The number of aromatic carboxylic acids is 1. The highest BCUT2D eigenvalue weighted by atomic mass is 16.5. The highest BCUT2D eigenvalue weighted by molar-refractivity contribution is 5.93. The van der Waals surface area contributed by atoms with Crippen molar-refractivity contribution in [2.24, 2.45) is 0 Å². The molecule has 0 spiro atoms. The van der Waals surface area contributed by atoms with Gasteiger partial charge in [0.2, 0.25) is 0 Å². The van der Waals surface area contributed by atoms with Gasteiger partial charge in [-0.2, -0.15) is 5.10 Å². The van der Waals surface area contributed by atoms with Crippen molar-refractivity contribution in [3.05, 3.63) is 65.0 Å². The van der Waals surface area contributed by atoms with Crippen molar-refractivity contribution in [3.63, 3.8) is 0 Å². The fourth-order valence-corrected chi connectivity index (χ4v) is 3.59. The summed E-state index contributed by atoms with van der Waals surface area (Å²) in [5.74, 6) is -0.490. The number of benzene rings is 1. The zero-order valence-corrected chi connectivity index (χ0v) is 16.0. The lowest BCUT2D eigenvalue weighted by atomic mass is 10.0. The van der Waals surface area contributed by atoms with Crippen LogP contribution in [0, 0.1) is 0 Å². The minimum atomic E-state index is -1.08. The standard InChI is InChI=1S/C20H21N5O4/c1-29-14-4-2-13(3-5-14)6-9-25-17-7-8-24(19(26)16-10-21-12-22-16)11-15(17)18(23-25)20(27)28/h2-5,10,12H,6-9,11H2,1H3,(H,21,22)(H,27,28). The molecule has 0 radical (unpaired) electrons. The Bertz CT molecular complexity index is 1020. The summed E-state index contributed by atoms with van der Waals surface area (Å²) in [5.41, 5.74) is 2.99. The number of H-pyrrole nitrogens is 1. The molecule has 150 valence electrons. The topological polar surface area (TPSA) is 113 Å². The molecule has 0 unspecified atom stereocenters. The van der Waals surface area contributed by atoms with Crippen molar-refractivity contribution in [1.82, 2.24) is 24.6 Å². The first kappa shape index (κ1) is 18.7. The van der Waals surface area contributed by atoms with Gasteiger partial charge in [-0.05, 0) is 24.1 Å². The predicted molar refractivity (Wildman–Crippen MR) is 103 cm³/mol. The molecule has 1 amide bonds. The summed E-state index contributed by atoms with van der Waals surface area (Å²) >= 11 is 0. The van der Waals surface area contributed by atoms with Crippen molar-refractivity contribution in [2.75, 3.05) is 13.7 Å². The van der Waals surface area contributed by atoms with E-state index >= 15 is 0 Å². The Morgan fingerprint density at radius 2 is 2.07 bits per heavy atom. The number of fused-ring (bicyclic) bond motifs is 1. The molecule has 4 rings (SSSR count). The second-order valence-corrected chi connectivity index (χ2v) is 6.84. The van der Waals surface area contributed by atoms with Gasteiger partial charge in [-0.3, -0.25) is 9.48 Å². The minimum absolute atomic E-state index is 0.0110. The lowest BCUT2D eigenvalue weighted by molar-refractivity contribution is 0.0673. The number of aryl methyl sites for hydroxylation is 2.